The average Bonchev–Trinajstić information content (AvgIpc) is 3.52. The van der Waals surface area contributed by atoms with Crippen molar-refractivity contribution in [2.75, 3.05) is 43.4 Å². The monoisotopic (exact) mass is 561 g/mol. The number of aromatic nitrogens is 3. The first-order valence-electron chi connectivity index (χ1n) is 15.2. The van der Waals surface area contributed by atoms with Crippen LogP contribution < -0.4 is 20.7 Å². The largest absolute Gasteiger partial charge is 0.461 e. The number of nitrogens with one attached hydrogen (secondary N) is 1. The van der Waals surface area contributed by atoms with Crippen molar-refractivity contribution in [3.63, 3.8) is 0 Å². The zero-order chi connectivity index (χ0) is 27.9. The maximum Gasteiger partial charge on any atom is 0.319 e. The molecule has 8 rings (SSSR count). The summed E-state index contributed by atoms with van der Waals surface area (Å²) in [4.78, 5) is 18.7. The van der Waals surface area contributed by atoms with Gasteiger partial charge in [-0.15, -0.1) is 0 Å². The zero-order valence-corrected chi connectivity index (χ0v) is 23.5. The number of rotatable bonds is 6. The number of hydrogen-bond donors (Lipinski definition) is 2. The van der Waals surface area contributed by atoms with Crippen molar-refractivity contribution < 1.29 is 13.5 Å². The van der Waals surface area contributed by atoms with E-state index in [-0.39, 0.29) is 17.1 Å². The van der Waals surface area contributed by atoms with E-state index < -0.39 is 12.0 Å². The number of ether oxygens (including phenoxy) is 1. The summed E-state index contributed by atoms with van der Waals surface area (Å²) in [6, 6.07) is 6.53. The number of nitrogens with zero attached hydrogens (tertiary/aromatic N) is 5. The number of nitrogens with two attached hydrogens (primary N) is 1. The van der Waals surface area contributed by atoms with Gasteiger partial charge in [0, 0.05) is 49.1 Å². The van der Waals surface area contributed by atoms with Crippen molar-refractivity contribution in [3.8, 4) is 17.3 Å². The Morgan fingerprint density at radius 2 is 1.90 bits per heavy atom. The van der Waals surface area contributed by atoms with Gasteiger partial charge in [-0.25, -0.2) is 13.8 Å². The smallest absolute Gasteiger partial charge is 0.319 e. The highest BCUT2D eigenvalue weighted by Gasteiger charge is 2.49. The van der Waals surface area contributed by atoms with Gasteiger partial charge in [-0.2, -0.15) is 9.97 Å². The number of benzene rings is 1. The van der Waals surface area contributed by atoms with Crippen LogP contribution in [0.1, 0.15) is 62.0 Å². The van der Waals surface area contributed by atoms with Crippen LogP contribution in [-0.4, -0.2) is 76.4 Å². The number of fused-ring (bicyclic) bond motifs is 4. The molecule has 4 atom stereocenters. The van der Waals surface area contributed by atoms with Crippen molar-refractivity contribution in [1.82, 2.24) is 25.2 Å². The Morgan fingerprint density at radius 1 is 1.10 bits per heavy atom. The van der Waals surface area contributed by atoms with Crippen LogP contribution in [0.4, 0.5) is 20.4 Å². The maximum absolute atomic E-state index is 16.7. The number of nitrogen functional groups attached to an aromatic ring is 1. The van der Waals surface area contributed by atoms with E-state index >= 15 is 4.39 Å². The van der Waals surface area contributed by atoms with Gasteiger partial charge in [0.15, 0.2) is 5.82 Å². The Labute approximate surface area is 238 Å². The maximum atomic E-state index is 16.7. The molecule has 1 aromatic carbocycles. The third-order valence-electron chi connectivity index (χ3n) is 10.0. The lowest BCUT2D eigenvalue weighted by molar-refractivity contribution is 0.107. The number of halogens is 2. The number of anilines is 2. The predicted octanol–water partition coefficient (Wildman–Crippen LogP) is 4.49. The summed E-state index contributed by atoms with van der Waals surface area (Å²) in [5.74, 6) is 1.03. The quantitative estimate of drug-likeness (QED) is 0.455. The van der Waals surface area contributed by atoms with Crippen molar-refractivity contribution in [1.29, 1.82) is 0 Å². The lowest BCUT2D eigenvalue weighted by atomic mass is 9.95. The summed E-state index contributed by atoms with van der Waals surface area (Å²) in [5, 5.41) is 4.33. The molecule has 10 heteroatoms. The van der Waals surface area contributed by atoms with Crippen LogP contribution in [0.3, 0.4) is 0 Å². The number of pyridine rings is 1. The Kier molecular flexibility index (Phi) is 5.90. The normalized spacial score (nSPS) is 29.4. The second kappa shape index (κ2) is 9.46. The van der Waals surface area contributed by atoms with Gasteiger partial charge in [0.25, 0.3) is 0 Å². The van der Waals surface area contributed by atoms with Gasteiger partial charge < -0.3 is 20.7 Å². The second-order valence-electron chi connectivity index (χ2n) is 13.0. The molecule has 2 aromatic heterocycles. The Hall–Kier alpha value is -3.11. The summed E-state index contributed by atoms with van der Waals surface area (Å²) in [7, 11) is 0. The van der Waals surface area contributed by atoms with Crippen LogP contribution in [0.5, 0.6) is 6.01 Å². The summed E-state index contributed by atoms with van der Waals surface area (Å²) in [6.07, 6.45) is 5.91. The van der Waals surface area contributed by atoms with Gasteiger partial charge in [-0.3, -0.25) is 4.90 Å². The minimum atomic E-state index is -0.849. The fourth-order valence-corrected chi connectivity index (χ4v) is 8.03. The zero-order valence-electron chi connectivity index (χ0n) is 23.5. The minimum absolute atomic E-state index is 0.150. The van der Waals surface area contributed by atoms with E-state index in [0.29, 0.717) is 65.9 Å². The molecule has 5 fully saturated rings. The molecule has 6 heterocycles. The average molecular weight is 562 g/mol. The third-order valence-corrected chi connectivity index (χ3v) is 10.0. The molecule has 216 valence electrons. The first-order chi connectivity index (χ1) is 19.9. The molecule has 4 saturated heterocycles. The fourth-order valence-electron chi connectivity index (χ4n) is 8.03. The highest BCUT2D eigenvalue weighted by atomic mass is 19.1. The van der Waals surface area contributed by atoms with Crippen LogP contribution in [0.25, 0.3) is 22.2 Å². The first kappa shape index (κ1) is 25.6. The summed E-state index contributed by atoms with van der Waals surface area (Å²) < 4.78 is 37.4. The van der Waals surface area contributed by atoms with Crippen LogP contribution in [0.15, 0.2) is 18.2 Å². The van der Waals surface area contributed by atoms with E-state index in [9.17, 15) is 4.39 Å². The molecule has 1 saturated carbocycles. The third kappa shape index (κ3) is 4.33. The molecule has 3 aromatic rings. The predicted molar refractivity (Wildman–Crippen MR) is 155 cm³/mol. The molecule has 1 aliphatic carbocycles. The van der Waals surface area contributed by atoms with Gasteiger partial charge in [-0.05, 0) is 87.2 Å². The topological polar surface area (TPSA) is 92.4 Å². The molecule has 41 heavy (non-hydrogen) atoms. The standard InChI is InChI=1S/C31H37F2N7O/c1-17-11-24(34)36-27(25(17)18-3-4-18)22-7-8-23-28(26(22)33)37-30(38-29(23)39-14-20-5-6-21(15-39)35-20)41-16-31-9-2-10-40(31)13-19(32)12-31/h7-8,11,18-21,35H,2-6,9-10,12-16H2,1H3,(H2,34,36)/t19-,20?,21?,31+/m1/s1. The highest BCUT2D eigenvalue weighted by Crippen LogP contribution is 2.47. The fraction of sp³-hybridized carbons (Fsp3) is 0.581. The van der Waals surface area contributed by atoms with Crippen LogP contribution >= 0.6 is 0 Å². The van der Waals surface area contributed by atoms with E-state index in [1.54, 1.807) is 0 Å². The molecule has 0 spiro atoms. The van der Waals surface area contributed by atoms with E-state index in [0.717, 1.165) is 69.3 Å². The first-order valence-corrected chi connectivity index (χ1v) is 15.2. The van der Waals surface area contributed by atoms with Gasteiger partial charge in [0.1, 0.15) is 29.9 Å². The Balaban J connectivity index is 1.23. The van der Waals surface area contributed by atoms with E-state index in [1.807, 2.05) is 25.1 Å². The Bertz CT molecular complexity index is 1520. The molecular formula is C31H37F2N7O. The highest BCUT2D eigenvalue weighted by molar-refractivity contribution is 5.94. The van der Waals surface area contributed by atoms with Crippen LogP contribution in [0, 0.1) is 12.7 Å². The van der Waals surface area contributed by atoms with Crippen molar-refractivity contribution in [3.05, 3.63) is 35.1 Å². The van der Waals surface area contributed by atoms with Crippen molar-refractivity contribution in [2.24, 2.45) is 0 Å². The second-order valence-corrected chi connectivity index (χ2v) is 13.0. The van der Waals surface area contributed by atoms with Gasteiger partial charge in [-0.1, -0.05) is 0 Å². The lowest BCUT2D eigenvalue weighted by Crippen LogP contribution is -2.51. The number of piperazine rings is 1. The SMILES string of the molecule is Cc1cc(N)nc(-c2ccc3c(N4CC5CCC(C4)N5)nc(OC[C@@]45CCCN4C[C@H](F)C5)nc3c2F)c1C1CC1. The molecule has 2 bridgehead atoms. The molecule has 8 nitrogen and oxygen atoms in total. The van der Waals surface area contributed by atoms with E-state index in [2.05, 4.69) is 25.1 Å². The summed E-state index contributed by atoms with van der Waals surface area (Å²) in [6.45, 7) is 5.25. The summed E-state index contributed by atoms with van der Waals surface area (Å²) in [5.41, 5.74) is 9.17. The molecule has 3 N–H and O–H groups in total. The molecule has 4 aliphatic heterocycles. The van der Waals surface area contributed by atoms with E-state index in [1.165, 1.54) is 0 Å². The van der Waals surface area contributed by atoms with Gasteiger partial charge >= 0.3 is 6.01 Å². The van der Waals surface area contributed by atoms with Crippen molar-refractivity contribution in [2.45, 2.75) is 81.6 Å². The molecular weight excluding hydrogens is 524 g/mol. The number of aryl methyl sites for hydroxylation is 1. The van der Waals surface area contributed by atoms with E-state index in [4.69, 9.17) is 15.5 Å². The van der Waals surface area contributed by atoms with Crippen LogP contribution in [-0.2, 0) is 0 Å². The van der Waals surface area contributed by atoms with Crippen LogP contribution in [0.2, 0.25) is 0 Å². The minimum Gasteiger partial charge on any atom is -0.461 e. The number of hydrogen-bond acceptors (Lipinski definition) is 8. The van der Waals surface area contributed by atoms with Gasteiger partial charge in [0.05, 0.1) is 11.2 Å². The molecule has 0 amide bonds. The molecule has 5 aliphatic rings. The summed E-state index contributed by atoms with van der Waals surface area (Å²) >= 11 is 0. The van der Waals surface area contributed by atoms with Gasteiger partial charge in [0.2, 0.25) is 0 Å². The lowest BCUT2D eigenvalue weighted by Gasteiger charge is -2.34. The number of alkyl halides is 1. The molecule has 2 unspecified atom stereocenters. The molecule has 0 radical (unpaired) electrons. The Morgan fingerprint density at radius 3 is 2.68 bits per heavy atom. The van der Waals surface area contributed by atoms with Crippen molar-refractivity contribution >= 4 is 22.5 Å².